The molecule has 4 rings (SSSR count). The fraction of sp³-hybridized carbons (Fsp3) is 0.458. The Bertz CT molecular complexity index is 1180. The summed E-state index contributed by atoms with van der Waals surface area (Å²) in [5.41, 5.74) is 1.63. The smallest absolute Gasteiger partial charge is 0.490 e. The molecule has 0 saturated carbocycles. The highest BCUT2D eigenvalue weighted by atomic mass is 32.2. The van der Waals surface area contributed by atoms with Gasteiger partial charge in [0, 0.05) is 19.0 Å². The van der Waals surface area contributed by atoms with E-state index in [2.05, 4.69) is 11.9 Å². The molecule has 0 aliphatic carbocycles. The average molecular weight is 531 g/mol. The minimum atomic E-state index is -5.08. The lowest BCUT2D eigenvalue weighted by atomic mass is 9.79. The predicted molar refractivity (Wildman–Crippen MR) is 127 cm³/mol. The number of carbonyl (C=O) groups is 1. The molecule has 2 aromatic rings. The summed E-state index contributed by atoms with van der Waals surface area (Å²) in [6.45, 7) is 2.94. The predicted octanol–water partition coefficient (Wildman–Crippen LogP) is 3.72. The van der Waals surface area contributed by atoms with Gasteiger partial charge in [0.15, 0.2) is 0 Å². The third-order valence-electron chi connectivity index (χ3n) is 6.44. The number of halogens is 3. The van der Waals surface area contributed by atoms with E-state index in [9.17, 15) is 21.6 Å². The molecule has 2 aliphatic rings. The highest BCUT2D eigenvalue weighted by molar-refractivity contribution is 7.89. The summed E-state index contributed by atoms with van der Waals surface area (Å²) < 4.78 is 71.3. The zero-order chi connectivity index (χ0) is 26.7. The Morgan fingerprint density at radius 3 is 2.14 bits per heavy atom. The molecule has 0 amide bonds. The summed E-state index contributed by atoms with van der Waals surface area (Å²) in [6, 6.07) is 13.0. The molecule has 0 aromatic heterocycles. The van der Waals surface area contributed by atoms with Crippen molar-refractivity contribution in [1.29, 1.82) is 0 Å². The average Bonchev–Trinajstić information content (AvgIpc) is 2.84. The van der Waals surface area contributed by atoms with Gasteiger partial charge >= 0.3 is 12.1 Å². The summed E-state index contributed by atoms with van der Waals surface area (Å²) in [4.78, 5) is 11.4. The third-order valence-corrected chi connectivity index (χ3v) is 8.26. The van der Waals surface area contributed by atoms with Crippen molar-refractivity contribution in [2.24, 2.45) is 5.41 Å². The molecule has 36 heavy (non-hydrogen) atoms. The van der Waals surface area contributed by atoms with Crippen LogP contribution in [0.2, 0.25) is 0 Å². The molecule has 0 unspecified atom stereocenters. The molecule has 0 bridgehead atoms. The molecule has 1 fully saturated rings. The van der Waals surface area contributed by atoms with E-state index in [1.54, 1.807) is 26.3 Å². The summed E-state index contributed by atoms with van der Waals surface area (Å²) >= 11 is 0. The highest BCUT2D eigenvalue weighted by Gasteiger charge is 2.41. The Labute approximate surface area is 208 Å². The topological polar surface area (TPSA) is 96.4 Å². The molecule has 0 atom stereocenters. The zero-order valence-corrected chi connectivity index (χ0v) is 21.0. The minimum Gasteiger partial charge on any atom is -0.497 e. The van der Waals surface area contributed by atoms with E-state index in [1.807, 2.05) is 30.3 Å². The van der Waals surface area contributed by atoms with Crippen molar-refractivity contribution in [3.05, 3.63) is 42.5 Å². The molecule has 2 aliphatic heterocycles. The van der Waals surface area contributed by atoms with Crippen LogP contribution in [-0.2, 0) is 14.8 Å². The van der Waals surface area contributed by atoms with Gasteiger partial charge in [0.1, 0.15) is 16.4 Å². The molecule has 2 aromatic carbocycles. The van der Waals surface area contributed by atoms with E-state index in [0.717, 1.165) is 42.8 Å². The van der Waals surface area contributed by atoms with Crippen molar-refractivity contribution in [3.63, 3.8) is 0 Å². The summed E-state index contributed by atoms with van der Waals surface area (Å²) in [7, 11) is 1.77. The number of benzene rings is 2. The first-order chi connectivity index (χ1) is 16.8. The fourth-order valence-electron chi connectivity index (χ4n) is 4.19. The summed E-state index contributed by atoms with van der Waals surface area (Å²) in [6.07, 6.45) is -3.22. The summed E-state index contributed by atoms with van der Waals surface area (Å²) in [5.74, 6) is -1.56. The van der Waals surface area contributed by atoms with Crippen molar-refractivity contribution < 1.29 is 41.0 Å². The number of hydrogen-bond donors (Lipinski definition) is 1. The normalized spacial score (nSPS) is 19.6. The highest BCUT2D eigenvalue weighted by Crippen LogP contribution is 2.40. The first-order valence-corrected chi connectivity index (χ1v) is 12.6. The number of alkyl halides is 3. The van der Waals surface area contributed by atoms with Gasteiger partial charge in [-0.1, -0.05) is 18.2 Å². The van der Waals surface area contributed by atoms with E-state index in [-0.39, 0.29) is 10.3 Å². The maximum absolute atomic E-state index is 13.4. The number of rotatable bonds is 2. The number of hydrogen-bond acceptors (Lipinski definition) is 6. The van der Waals surface area contributed by atoms with Crippen LogP contribution in [0.25, 0.3) is 11.1 Å². The molecule has 8 nitrogen and oxygen atoms in total. The van der Waals surface area contributed by atoms with Gasteiger partial charge in [-0.3, -0.25) is 0 Å². The van der Waals surface area contributed by atoms with Crippen LogP contribution in [0.15, 0.2) is 47.4 Å². The van der Waals surface area contributed by atoms with Gasteiger partial charge in [-0.25, -0.2) is 17.5 Å². The second-order valence-corrected chi connectivity index (χ2v) is 11.1. The van der Waals surface area contributed by atoms with Crippen LogP contribution < -0.4 is 9.47 Å². The summed E-state index contributed by atoms with van der Waals surface area (Å²) in [5, 5.41) is 7.12. The molecule has 12 heteroatoms. The number of nitrogens with zero attached hydrogens (tertiary/aromatic N) is 2. The Morgan fingerprint density at radius 1 is 1.06 bits per heavy atom. The molecule has 198 valence electrons. The minimum absolute atomic E-state index is 0.138. The van der Waals surface area contributed by atoms with Crippen molar-refractivity contribution >= 4 is 16.0 Å². The number of carboxylic acids is 1. The number of ether oxygens (including phenoxy) is 2. The number of methoxy groups -OCH3 is 1. The van der Waals surface area contributed by atoms with Crippen LogP contribution in [0.4, 0.5) is 13.2 Å². The van der Waals surface area contributed by atoms with Crippen LogP contribution in [0, 0.1) is 5.41 Å². The van der Waals surface area contributed by atoms with Gasteiger partial charge in [0.2, 0.25) is 10.0 Å². The number of carboxylic acid groups (broad SMARTS) is 1. The Balaban J connectivity index is 0.000000454. The van der Waals surface area contributed by atoms with Crippen LogP contribution in [0.1, 0.15) is 12.8 Å². The second kappa shape index (κ2) is 10.7. The van der Waals surface area contributed by atoms with E-state index >= 15 is 0 Å². The zero-order valence-electron chi connectivity index (χ0n) is 20.2. The van der Waals surface area contributed by atoms with Crippen LogP contribution in [0.3, 0.4) is 0 Å². The van der Waals surface area contributed by atoms with Crippen molar-refractivity contribution in [2.45, 2.75) is 23.9 Å². The van der Waals surface area contributed by atoms with Gasteiger partial charge in [0.25, 0.3) is 0 Å². The quantitative estimate of drug-likeness (QED) is 0.632. The molecular weight excluding hydrogens is 501 g/mol. The van der Waals surface area contributed by atoms with Crippen LogP contribution in [0.5, 0.6) is 11.5 Å². The molecular formula is C24H29F3N2O6S. The van der Waals surface area contributed by atoms with E-state index in [0.29, 0.717) is 18.9 Å². The molecule has 2 heterocycles. The number of piperidine rings is 1. The van der Waals surface area contributed by atoms with E-state index < -0.39 is 22.2 Å². The van der Waals surface area contributed by atoms with Crippen molar-refractivity contribution in [1.82, 2.24) is 9.21 Å². The molecule has 0 radical (unpaired) electrons. The van der Waals surface area contributed by atoms with Gasteiger partial charge in [-0.15, -0.1) is 0 Å². The SMILES string of the molecule is COc1ccc(-c2ccc3c(c2)S(=O)(=O)N(C)CC2(CCN(C)CC2)CO3)cc1.O=C(O)C(F)(F)F. The lowest BCUT2D eigenvalue weighted by molar-refractivity contribution is -0.192. The van der Waals surface area contributed by atoms with E-state index in [1.165, 1.54) is 4.31 Å². The Hall–Kier alpha value is -2.83. The molecule has 1 saturated heterocycles. The first kappa shape index (κ1) is 27.8. The fourth-order valence-corrected chi connectivity index (χ4v) is 5.63. The number of sulfonamides is 1. The van der Waals surface area contributed by atoms with Gasteiger partial charge in [0.05, 0.1) is 13.7 Å². The molecule has 1 spiro atoms. The lowest BCUT2D eigenvalue weighted by Crippen LogP contribution is -2.49. The van der Waals surface area contributed by atoms with Crippen LogP contribution in [-0.4, -0.2) is 82.3 Å². The van der Waals surface area contributed by atoms with E-state index in [4.69, 9.17) is 19.4 Å². The monoisotopic (exact) mass is 530 g/mol. The van der Waals surface area contributed by atoms with Gasteiger partial charge < -0.3 is 19.5 Å². The second-order valence-electron chi connectivity index (χ2n) is 9.05. The van der Waals surface area contributed by atoms with Crippen LogP contribution >= 0.6 is 0 Å². The maximum atomic E-state index is 13.4. The number of likely N-dealkylation sites (tertiary alicyclic amines) is 1. The van der Waals surface area contributed by atoms with Gasteiger partial charge in [-0.05, 0) is 68.4 Å². The lowest BCUT2D eigenvalue weighted by Gasteiger charge is -2.43. The number of fused-ring (bicyclic) bond motifs is 1. The van der Waals surface area contributed by atoms with Gasteiger partial charge in [-0.2, -0.15) is 13.2 Å². The first-order valence-electron chi connectivity index (χ1n) is 11.1. The maximum Gasteiger partial charge on any atom is 0.490 e. The Morgan fingerprint density at radius 2 is 1.61 bits per heavy atom. The van der Waals surface area contributed by atoms with Crippen molar-refractivity contribution in [3.8, 4) is 22.6 Å². The Kier molecular flexibility index (Phi) is 8.21. The standard InChI is InChI=1S/C22H28N2O4S.C2HF3O2/c1-23-12-10-22(11-13-23)15-24(2)29(25,26)21-14-18(6-9-20(21)28-16-22)17-4-7-19(27-3)8-5-17;3-2(4,5)1(6)7/h4-9,14H,10-13,15-16H2,1-3H3;(H,6,7). The third kappa shape index (κ3) is 6.29. The van der Waals surface area contributed by atoms with Crippen molar-refractivity contribution in [2.75, 3.05) is 47.4 Å². The largest absolute Gasteiger partial charge is 0.497 e. The number of aliphatic carboxylic acids is 1. The molecule has 1 N–H and O–H groups in total.